The van der Waals surface area contributed by atoms with Gasteiger partial charge >= 0.3 is 11.9 Å². The second kappa shape index (κ2) is 3.45. The Hall–Kier alpha value is -1.14. The van der Waals surface area contributed by atoms with Crippen molar-refractivity contribution in [2.75, 3.05) is 6.61 Å². The van der Waals surface area contributed by atoms with Crippen LogP contribution in [-0.2, 0) is 23.8 Å². The zero-order chi connectivity index (χ0) is 16.5. The third-order valence-corrected chi connectivity index (χ3v) is 7.63. The fourth-order valence-corrected chi connectivity index (χ4v) is 6.96. The van der Waals surface area contributed by atoms with Gasteiger partial charge in [0.1, 0.15) is 12.7 Å². The van der Waals surface area contributed by atoms with Gasteiger partial charge in [0, 0.05) is 6.42 Å². The molecule has 2 aliphatic carbocycles. The van der Waals surface area contributed by atoms with Crippen molar-refractivity contribution < 1.29 is 28.9 Å². The van der Waals surface area contributed by atoms with Gasteiger partial charge in [0.05, 0.1) is 16.4 Å². The average Bonchev–Trinajstić information content (AvgIpc) is 3.12. The summed E-state index contributed by atoms with van der Waals surface area (Å²) in [5.41, 5.74) is -3.73. The molecule has 5 fully saturated rings. The van der Waals surface area contributed by atoms with Crippen LogP contribution in [0.3, 0.4) is 0 Å². The van der Waals surface area contributed by atoms with Gasteiger partial charge in [-0.3, -0.25) is 0 Å². The molecule has 126 valence electrons. The van der Waals surface area contributed by atoms with E-state index in [-0.39, 0.29) is 24.1 Å². The summed E-state index contributed by atoms with van der Waals surface area (Å²) in [4.78, 5) is 24.9. The lowest BCUT2D eigenvalue weighted by Crippen LogP contribution is -2.60. The maximum absolute atomic E-state index is 12.7. The van der Waals surface area contributed by atoms with E-state index in [1.807, 2.05) is 20.8 Å². The lowest BCUT2D eigenvalue weighted by molar-refractivity contribution is -0.200. The van der Waals surface area contributed by atoms with E-state index < -0.39 is 34.1 Å². The first-order chi connectivity index (χ1) is 10.7. The van der Waals surface area contributed by atoms with Gasteiger partial charge in [-0.1, -0.05) is 20.8 Å². The van der Waals surface area contributed by atoms with Crippen LogP contribution in [0.15, 0.2) is 0 Å². The van der Waals surface area contributed by atoms with Crippen molar-refractivity contribution in [2.45, 2.75) is 69.9 Å². The molecule has 1 N–H and O–H groups in total. The Kier molecular flexibility index (Phi) is 2.13. The van der Waals surface area contributed by atoms with Crippen LogP contribution >= 0.6 is 0 Å². The first kappa shape index (κ1) is 14.2. The molecule has 2 saturated carbocycles. The topological polar surface area (TPSA) is 82.1 Å². The quantitative estimate of drug-likeness (QED) is 0.669. The SMILES string of the molecule is CC(C)(C)[C@]12C[C@H]3OC(=O)[C@@]4(CCCC34[C@@]13COC(=O)[C@@H]3O)O2. The van der Waals surface area contributed by atoms with Crippen molar-refractivity contribution in [1.82, 2.24) is 0 Å². The van der Waals surface area contributed by atoms with Gasteiger partial charge < -0.3 is 19.3 Å². The summed E-state index contributed by atoms with van der Waals surface area (Å²) < 4.78 is 17.7. The van der Waals surface area contributed by atoms with E-state index in [0.29, 0.717) is 12.8 Å². The smallest absolute Gasteiger partial charge is 0.339 e. The highest BCUT2D eigenvalue weighted by Gasteiger charge is 2.96. The van der Waals surface area contributed by atoms with Crippen molar-refractivity contribution in [2.24, 2.45) is 16.2 Å². The number of carbonyl (C=O) groups excluding carboxylic acids is 2. The lowest BCUT2D eigenvalue weighted by Gasteiger charge is -2.49. The molecule has 3 heterocycles. The summed E-state index contributed by atoms with van der Waals surface area (Å²) in [6.07, 6.45) is 1.14. The van der Waals surface area contributed by atoms with Crippen LogP contribution in [-0.4, -0.2) is 47.1 Å². The molecular weight excluding hydrogens is 300 g/mol. The van der Waals surface area contributed by atoms with Crippen molar-refractivity contribution in [3.05, 3.63) is 0 Å². The Balaban J connectivity index is 1.86. The summed E-state index contributed by atoms with van der Waals surface area (Å²) in [6.45, 7) is 6.25. The number of cyclic esters (lactones) is 1. The van der Waals surface area contributed by atoms with E-state index in [1.54, 1.807) is 0 Å². The molecular formula is C17H22O6. The number of aliphatic hydroxyl groups excluding tert-OH is 1. The fourth-order valence-electron chi connectivity index (χ4n) is 6.96. The minimum absolute atomic E-state index is 0.110. The van der Waals surface area contributed by atoms with E-state index in [4.69, 9.17) is 14.2 Å². The number of hydrogen-bond acceptors (Lipinski definition) is 6. The summed E-state index contributed by atoms with van der Waals surface area (Å²) in [6, 6.07) is 0. The highest BCUT2D eigenvalue weighted by Crippen LogP contribution is 2.84. The number of ether oxygens (including phenoxy) is 3. The second-order valence-corrected chi connectivity index (χ2v) is 8.91. The van der Waals surface area contributed by atoms with Gasteiger partial charge in [-0.05, 0) is 24.7 Å². The van der Waals surface area contributed by atoms with Crippen molar-refractivity contribution in [3.8, 4) is 0 Å². The van der Waals surface area contributed by atoms with E-state index in [1.165, 1.54) is 0 Å². The summed E-state index contributed by atoms with van der Waals surface area (Å²) in [5.74, 6) is -0.908. The first-order valence-electron chi connectivity index (χ1n) is 8.45. The zero-order valence-electron chi connectivity index (χ0n) is 13.7. The minimum Gasteiger partial charge on any atom is -0.463 e. The number of hydrogen-bond donors (Lipinski definition) is 1. The summed E-state index contributed by atoms with van der Waals surface area (Å²) in [7, 11) is 0. The largest absolute Gasteiger partial charge is 0.463 e. The van der Waals surface area contributed by atoms with Gasteiger partial charge in [0.25, 0.3) is 0 Å². The van der Waals surface area contributed by atoms with Gasteiger partial charge in [-0.2, -0.15) is 0 Å². The van der Waals surface area contributed by atoms with Crippen LogP contribution in [0.1, 0.15) is 46.5 Å². The van der Waals surface area contributed by atoms with Crippen LogP contribution in [0, 0.1) is 16.2 Å². The predicted molar refractivity (Wildman–Crippen MR) is 76.2 cm³/mol. The number of carbonyl (C=O) groups is 2. The highest BCUT2D eigenvalue weighted by atomic mass is 16.6. The molecule has 0 aromatic carbocycles. The van der Waals surface area contributed by atoms with Gasteiger partial charge in [-0.15, -0.1) is 0 Å². The van der Waals surface area contributed by atoms with E-state index in [2.05, 4.69) is 0 Å². The molecule has 6 heteroatoms. The van der Waals surface area contributed by atoms with E-state index in [9.17, 15) is 14.7 Å². The minimum atomic E-state index is -1.26. The van der Waals surface area contributed by atoms with Gasteiger partial charge in [0.15, 0.2) is 11.7 Å². The zero-order valence-corrected chi connectivity index (χ0v) is 13.7. The molecule has 23 heavy (non-hydrogen) atoms. The summed E-state index contributed by atoms with van der Waals surface area (Å²) in [5, 5.41) is 10.9. The molecule has 5 rings (SSSR count). The molecule has 0 radical (unpaired) electrons. The predicted octanol–water partition coefficient (Wildman–Crippen LogP) is 0.944. The van der Waals surface area contributed by atoms with Crippen LogP contribution < -0.4 is 0 Å². The standard InChI is InChI=1S/C17H22O6/c1-13(2,3)17-7-9-14(15(17)8-21-11(19)10(15)18)5-4-6-16(14,23-17)12(20)22-9/h9-10,18H,4-8H2,1-3H3/t9-,10+,14?,15+,16-,17-/m1/s1. The van der Waals surface area contributed by atoms with Crippen molar-refractivity contribution in [1.29, 1.82) is 0 Å². The molecule has 2 spiro atoms. The molecule has 3 aliphatic heterocycles. The van der Waals surface area contributed by atoms with Crippen LogP contribution in [0.2, 0.25) is 0 Å². The highest BCUT2D eigenvalue weighted by molar-refractivity contribution is 5.89. The molecule has 2 bridgehead atoms. The molecule has 3 saturated heterocycles. The van der Waals surface area contributed by atoms with Crippen molar-refractivity contribution >= 4 is 11.9 Å². The lowest BCUT2D eigenvalue weighted by atomic mass is 9.52. The van der Waals surface area contributed by atoms with E-state index >= 15 is 0 Å². The number of esters is 2. The normalized spacial score (nSPS) is 56.3. The second-order valence-electron chi connectivity index (χ2n) is 8.91. The van der Waals surface area contributed by atoms with Crippen LogP contribution in [0.4, 0.5) is 0 Å². The Bertz CT molecular complexity index is 652. The third-order valence-electron chi connectivity index (χ3n) is 7.63. The van der Waals surface area contributed by atoms with Gasteiger partial charge in [0.2, 0.25) is 0 Å². The van der Waals surface area contributed by atoms with Crippen LogP contribution in [0.25, 0.3) is 0 Å². The molecule has 1 unspecified atom stereocenters. The monoisotopic (exact) mass is 322 g/mol. The maximum Gasteiger partial charge on any atom is 0.339 e. The van der Waals surface area contributed by atoms with Crippen LogP contribution in [0.5, 0.6) is 0 Å². The number of aliphatic hydroxyl groups is 1. The molecule has 0 amide bonds. The van der Waals surface area contributed by atoms with E-state index in [0.717, 1.165) is 12.8 Å². The van der Waals surface area contributed by atoms with Gasteiger partial charge in [-0.25, -0.2) is 9.59 Å². The Morgan fingerprint density at radius 1 is 1.17 bits per heavy atom. The average molecular weight is 322 g/mol. The molecule has 0 aromatic heterocycles. The Labute approximate surface area is 134 Å². The van der Waals surface area contributed by atoms with Crippen molar-refractivity contribution in [3.63, 3.8) is 0 Å². The molecule has 0 aromatic rings. The maximum atomic E-state index is 12.7. The molecule has 5 aliphatic rings. The molecule has 6 nitrogen and oxygen atoms in total. The summed E-state index contributed by atoms with van der Waals surface area (Å²) >= 11 is 0. The number of rotatable bonds is 0. The molecule has 6 atom stereocenters. The Morgan fingerprint density at radius 3 is 2.52 bits per heavy atom. The first-order valence-corrected chi connectivity index (χ1v) is 8.45. The Morgan fingerprint density at radius 2 is 1.91 bits per heavy atom. The third kappa shape index (κ3) is 1.01. The fraction of sp³-hybridized carbons (Fsp3) is 0.882.